The maximum absolute atomic E-state index is 5.59. The second-order valence-corrected chi connectivity index (χ2v) is 6.84. The lowest BCUT2D eigenvalue weighted by Gasteiger charge is -2.19. The van der Waals surface area contributed by atoms with Crippen molar-refractivity contribution < 1.29 is 9.47 Å². The fraction of sp³-hybridized carbons (Fsp3) is 0.786. The van der Waals surface area contributed by atoms with Gasteiger partial charge in [0.25, 0.3) is 0 Å². The van der Waals surface area contributed by atoms with Crippen LogP contribution in [0.5, 0.6) is 0 Å². The summed E-state index contributed by atoms with van der Waals surface area (Å²) in [5, 5.41) is 6.69. The third-order valence-corrected chi connectivity index (χ3v) is 3.63. The molecule has 4 nitrogen and oxygen atoms in total. The van der Waals surface area contributed by atoms with Crippen molar-refractivity contribution in [3.63, 3.8) is 0 Å². The minimum Gasteiger partial charge on any atom is -0.373 e. The van der Waals surface area contributed by atoms with Gasteiger partial charge in [-0.25, -0.2) is 4.98 Å². The van der Waals surface area contributed by atoms with E-state index in [0.29, 0.717) is 19.8 Å². The van der Waals surface area contributed by atoms with Crippen LogP contribution in [0.25, 0.3) is 0 Å². The van der Waals surface area contributed by atoms with Crippen molar-refractivity contribution in [3.8, 4) is 0 Å². The first kappa shape index (κ1) is 14.9. The van der Waals surface area contributed by atoms with Crippen LogP contribution in [-0.2, 0) is 22.6 Å². The summed E-state index contributed by atoms with van der Waals surface area (Å²) in [6.07, 6.45) is 2.63. The molecule has 1 saturated carbocycles. The van der Waals surface area contributed by atoms with Crippen LogP contribution in [0.1, 0.15) is 44.3 Å². The van der Waals surface area contributed by atoms with E-state index < -0.39 is 0 Å². The lowest BCUT2D eigenvalue weighted by atomic mass is 10.2. The van der Waals surface area contributed by atoms with Crippen LogP contribution >= 0.6 is 11.3 Å². The summed E-state index contributed by atoms with van der Waals surface area (Å²) < 4.78 is 11.2. The summed E-state index contributed by atoms with van der Waals surface area (Å²) in [7, 11) is 0. The van der Waals surface area contributed by atoms with Gasteiger partial charge in [0.15, 0.2) is 0 Å². The molecule has 0 aliphatic heterocycles. The van der Waals surface area contributed by atoms with Gasteiger partial charge in [-0.1, -0.05) is 0 Å². The number of aromatic nitrogens is 1. The number of hydrogen-bond acceptors (Lipinski definition) is 5. The number of nitrogens with one attached hydrogen (secondary N) is 1. The smallest absolute Gasteiger partial charge is 0.107 e. The second kappa shape index (κ2) is 6.79. The van der Waals surface area contributed by atoms with Crippen molar-refractivity contribution in [3.05, 3.63) is 16.1 Å². The lowest BCUT2D eigenvalue weighted by Crippen LogP contribution is -2.21. The molecule has 0 unspecified atom stereocenters. The summed E-state index contributed by atoms with van der Waals surface area (Å²) >= 11 is 1.70. The molecule has 1 aliphatic carbocycles. The van der Waals surface area contributed by atoms with Crippen molar-refractivity contribution >= 4 is 11.3 Å². The van der Waals surface area contributed by atoms with Crippen molar-refractivity contribution in [2.45, 2.75) is 58.4 Å². The molecule has 0 aromatic carbocycles. The molecule has 0 bridgehead atoms. The van der Waals surface area contributed by atoms with E-state index in [0.717, 1.165) is 23.3 Å². The first-order valence-corrected chi connectivity index (χ1v) is 7.79. The molecule has 1 fully saturated rings. The molecule has 1 aromatic rings. The summed E-state index contributed by atoms with van der Waals surface area (Å²) in [6, 6.07) is 0.734. The number of rotatable bonds is 8. The lowest BCUT2D eigenvalue weighted by molar-refractivity contribution is -0.0380. The zero-order valence-electron chi connectivity index (χ0n) is 12.1. The van der Waals surface area contributed by atoms with E-state index in [-0.39, 0.29) is 5.60 Å². The molecular formula is C14H24N2O2S. The van der Waals surface area contributed by atoms with Crippen LogP contribution in [0.15, 0.2) is 5.38 Å². The second-order valence-electron chi connectivity index (χ2n) is 5.90. The Kier molecular flexibility index (Phi) is 5.33. The quantitative estimate of drug-likeness (QED) is 0.745. The average molecular weight is 284 g/mol. The summed E-state index contributed by atoms with van der Waals surface area (Å²) in [6.45, 7) is 8.86. The van der Waals surface area contributed by atoms with Gasteiger partial charge in [-0.15, -0.1) is 11.3 Å². The van der Waals surface area contributed by atoms with E-state index in [1.54, 1.807) is 11.3 Å². The minimum absolute atomic E-state index is 0.0916. The highest BCUT2D eigenvalue weighted by molar-refractivity contribution is 7.09. The number of nitrogens with zero attached hydrogens (tertiary/aromatic N) is 1. The SMILES string of the molecule is CC(C)(C)OCCOCc1csc(CNC2CC2)n1. The monoisotopic (exact) mass is 284 g/mol. The highest BCUT2D eigenvalue weighted by Gasteiger charge is 2.20. The molecule has 0 saturated heterocycles. The Labute approximate surface area is 119 Å². The van der Waals surface area contributed by atoms with Gasteiger partial charge in [-0.2, -0.15) is 0 Å². The van der Waals surface area contributed by atoms with Crippen molar-refractivity contribution in [1.29, 1.82) is 0 Å². The molecule has 1 aromatic heterocycles. The van der Waals surface area contributed by atoms with Gasteiger partial charge in [0.05, 0.1) is 31.1 Å². The predicted octanol–water partition coefficient (Wildman–Crippen LogP) is 2.73. The Morgan fingerprint density at radius 1 is 1.37 bits per heavy atom. The van der Waals surface area contributed by atoms with E-state index >= 15 is 0 Å². The van der Waals surface area contributed by atoms with Crippen LogP contribution in [0, 0.1) is 0 Å². The van der Waals surface area contributed by atoms with Crippen LogP contribution in [0.3, 0.4) is 0 Å². The number of ether oxygens (including phenoxy) is 2. The molecule has 0 atom stereocenters. The predicted molar refractivity (Wildman–Crippen MR) is 77.3 cm³/mol. The van der Waals surface area contributed by atoms with Crippen LogP contribution < -0.4 is 5.32 Å². The van der Waals surface area contributed by atoms with Crippen molar-refractivity contribution in [2.75, 3.05) is 13.2 Å². The first-order chi connectivity index (χ1) is 9.03. The molecule has 5 heteroatoms. The molecule has 108 valence electrons. The Bertz CT molecular complexity index is 383. The van der Waals surface area contributed by atoms with Gasteiger partial charge < -0.3 is 14.8 Å². The Morgan fingerprint density at radius 3 is 2.84 bits per heavy atom. The molecule has 0 radical (unpaired) electrons. The Balaban J connectivity index is 1.57. The van der Waals surface area contributed by atoms with E-state index in [4.69, 9.17) is 9.47 Å². The third kappa shape index (κ3) is 6.47. The molecule has 0 amide bonds. The Hall–Kier alpha value is -0.490. The van der Waals surface area contributed by atoms with E-state index in [1.807, 2.05) is 20.8 Å². The fourth-order valence-electron chi connectivity index (χ4n) is 1.60. The molecule has 1 aliphatic rings. The van der Waals surface area contributed by atoms with Crippen molar-refractivity contribution in [2.24, 2.45) is 0 Å². The molecule has 2 rings (SSSR count). The average Bonchev–Trinajstić information content (AvgIpc) is 3.05. The zero-order chi connectivity index (χ0) is 13.7. The van der Waals surface area contributed by atoms with Gasteiger partial charge >= 0.3 is 0 Å². The van der Waals surface area contributed by atoms with E-state index in [9.17, 15) is 0 Å². The zero-order valence-corrected chi connectivity index (χ0v) is 12.9. The fourth-order valence-corrected chi connectivity index (χ4v) is 2.33. The third-order valence-electron chi connectivity index (χ3n) is 2.73. The molecular weight excluding hydrogens is 260 g/mol. The standard InChI is InChI=1S/C14H24N2O2S/c1-14(2,3)18-7-6-17-9-12-10-19-13(16-12)8-15-11-4-5-11/h10-11,15H,4-9H2,1-3H3. The van der Waals surface area contributed by atoms with Gasteiger partial charge in [-0.05, 0) is 33.6 Å². The van der Waals surface area contributed by atoms with Gasteiger partial charge in [0.2, 0.25) is 0 Å². The van der Waals surface area contributed by atoms with Gasteiger partial charge in [0.1, 0.15) is 5.01 Å². The normalized spacial score (nSPS) is 15.9. The molecule has 1 N–H and O–H groups in total. The highest BCUT2D eigenvalue weighted by Crippen LogP contribution is 2.20. The summed E-state index contributed by atoms with van der Waals surface area (Å²) in [4.78, 5) is 4.55. The number of thiazole rings is 1. The first-order valence-electron chi connectivity index (χ1n) is 6.91. The maximum Gasteiger partial charge on any atom is 0.107 e. The Morgan fingerprint density at radius 2 is 2.16 bits per heavy atom. The van der Waals surface area contributed by atoms with Crippen LogP contribution in [0.4, 0.5) is 0 Å². The highest BCUT2D eigenvalue weighted by atomic mass is 32.1. The van der Waals surface area contributed by atoms with Crippen LogP contribution in [-0.4, -0.2) is 29.8 Å². The van der Waals surface area contributed by atoms with E-state index in [1.165, 1.54) is 12.8 Å². The minimum atomic E-state index is -0.0916. The molecule has 0 spiro atoms. The number of hydrogen-bond donors (Lipinski definition) is 1. The van der Waals surface area contributed by atoms with Crippen molar-refractivity contribution in [1.82, 2.24) is 10.3 Å². The summed E-state index contributed by atoms with van der Waals surface area (Å²) in [5.74, 6) is 0. The topological polar surface area (TPSA) is 43.4 Å². The summed E-state index contributed by atoms with van der Waals surface area (Å²) in [5.41, 5.74) is 0.930. The van der Waals surface area contributed by atoms with E-state index in [2.05, 4.69) is 15.7 Å². The van der Waals surface area contributed by atoms with Crippen LogP contribution in [0.2, 0.25) is 0 Å². The van der Waals surface area contributed by atoms with Gasteiger partial charge in [0, 0.05) is 18.0 Å². The largest absolute Gasteiger partial charge is 0.373 e. The maximum atomic E-state index is 5.59. The molecule has 19 heavy (non-hydrogen) atoms. The van der Waals surface area contributed by atoms with Gasteiger partial charge in [-0.3, -0.25) is 0 Å². The molecule has 1 heterocycles.